The number of methoxy groups -OCH3 is 1. The second kappa shape index (κ2) is 10.5. The van der Waals surface area contributed by atoms with E-state index >= 15 is 0 Å². The third-order valence-electron chi connectivity index (χ3n) is 4.54. The van der Waals surface area contributed by atoms with E-state index in [1.165, 1.54) is 17.6 Å². The molecule has 0 bridgehead atoms. The first-order chi connectivity index (χ1) is 15.0. The predicted molar refractivity (Wildman–Crippen MR) is 126 cm³/mol. The van der Waals surface area contributed by atoms with Crippen LogP contribution in [-0.2, 0) is 20.7 Å². The van der Waals surface area contributed by atoms with Gasteiger partial charge in [-0.05, 0) is 48.7 Å². The lowest BCUT2D eigenvalue weighted by molar-refractivity contribution is -0.139. The normalized spacial score (nSPS) is 14.7. The van der Waals surface area contributed by atoms with E-state index in [0.29, 0.717) is 28.2 Å². The highest BCUT2D eigenvalue weighted by Crippen LogP contribution is 2.34. The van der Waals surface area contributed by atoms with E-state index in [-0.39, 0.29) is 23.3 Å². The fourth-order valence-corrected chi connectivity index (χ4v) is 4.01. The van der Waals surface area contributed by atoms with Crippen LogP contribution in [0.1, 0.15) is 25.0 Å². The molecule has 162 valence electrons. The molecule has 1 aliphatic heterocycles. The first-order valence-electron chi connectivity index (χ1n) is 9.82. The molecule has 0 saturated heterocycles. The van der Waals surface area contributed by atoms with Crippen LogP contribution in [0.3, 0.4) is 0 Å². The van der Waals surface area contributed by atoms with Gasteiger partial charge in [0.25, 0.3) is 5.91 Å². The monoisotopic (exact) mass is 458 g/mol. The second-order valence-electron chi connectivity index (χ2n) is 6.57. The Bertz CT molecular complexity index is 1030. The number of amidine groups is 1. The number of carbonyl (C=O) groups excluding carboxylic acids is 2. The summed E-state index contributed by atoms with van der Waals surface area (Å²) < 4.78 is 10.2. The standard InChI is InChI=1S/C23H23ClN2O4S/c1-4-15-6-8-16(9-7-15)12-19-22(28)26(17-10-11-20(29-3)18(24)13-17)23(25-19)31-14-21(27)30-5-2/h6-13H,4-5,14H2,1-3H3/b19-12+. The molecule has 6 nitrogen and oxygen atoms in total. The number of ether oxygens (including phenoxy) is 2. The van der Waals surface area contributed by atoms with Crippen LogP contribution in [0.25, 0.3) is 6.08 Å². The third-order valence-corrected chi connectivity index (χ3v) is 5.75. The number of thioether (sulfide) groups is 1. The van der Waals surface area contributed by atoms with E-state index in [0.717, 1.165) is 23.7 Å². The molecule has 0 aliphatic carbocycles. The summed E-state index contributed by atoms with van der Waals surface area (Å²) in [5.41, 5.74) is 2.90. The van der Waals surface area contributed by atoms with Crippen molar-refractivity contribution in [1.29, 1.82) is 0 Å². The Labute approximate surface area is 190 Å². The molecule has 0 aromatic heterocycles. The molecule has 0 radical (unpaired) electrons. The van der Waals surface area contributed by atoms with Crippen LogP contribution in [0.5, 0.6) is 5.75 Å². The number of esters is 1. The molecule has 0 N–H and O–H groups in total. The Morgan fingerprint density at radius 1 is 1.19 bits per heavy atom. The average Bonchev–Trinajstić information content (AvgIpc) is 3.08. The highest BCUT2D eigenvalue weighted by atomic mass is 35.5. The summed E-state index contributed by atoms with van der Waals surface area (Å²) >= 11 is 7.41. The van der Waals surface area contributed by atoms with Crippen molar-refractivity contribution >= 4 is 52.2 Å². The van der Waals surface area contributed by atoms with Crippen molar-refractivity contribution in [2.24, 2.45) is 4.99 Å². The van der Waals surface area contributed by atoms with Crippen molar-refractivity contribution in [1.82, 2.24) is 0 Å². The maximum atomic E-state index is 13.2. The number of rotatable bonds is 7. The Balaban J connectivity index is 1.94. The van der Waals surface area contributed by atoms with Crippen molar-refractivity contribution < 1.29 is 19.1 Å². The van der Waals surface area contributed by atoms with Crippen LogP contribution < -0.4 is 9.64 Å². The Morgan fingerprint density at radius 3 is 2.55 bits per heavy atom. The van der Waals surface area contributed by atoms with Crippen molar-refractivity contribution in [3.8, 4) is 5.75 Å². The minimum Gasteiger partial charge on any atom is -0.495 e. The number of anilines is 1. The molecule has 0 spiro atoms. The summed E-state index contributed by atoms with van der Waals surface area (Å²) in [6.45, 7) is 4.13. The lowest BCUT2D eigenvalue weighted by Crippen LogP contribution is -2.31. The highest BCUT2D eigenvalue weighted by molar-refractivity contribution is 8.14. The number of nitrogens with zero attached hydrogens (tertiary/aromatic N) is 2. The van der Waals surface area contributed by atoms with Crippen LogP contribution in [-0.4, -0.2) is 36.5 Å². The van der Waals surface area contributed by atoms with E-state index in [2.05, 4.69) is 11.9 Å². The van der Waals surface area contributed by atoms with Gasteiger partial charge in [0.2, 0.25) is 0 Å². The summed E-state index contributed by atoms with van der Waals surface area (Å²) in [6.07, 6.45) is 2.67. The first-order valence-corrected chi connectivity index (χ1v) is 11.2. The number of carbonyl (C=O) groups is 2. The Kier molecular flexibility index (Phi) is 7.76. The molecule has 8 heteroatoms. The quantitative estimate of drug-likeness (QED) is 0.433. The molecule has 31 heavy (non-hydrogen) atoms. The molecular formula is C23H23ClN2O4S. The summed E-state index contributed by atoms with van der Waals surface area (Å²) in [5, 5.41) is 0.755. The minimum absolute atomic E-state index is 0.0405. The topological polar surface area (TPSA) is 68.2 Å². The highest BCUT2D eigenvalue weighted by Gasteiger charge is 2.33. The van der Waals surface area contributed by atoms with Crippen LogP contribution in [0.2, 0.25) is 5.02 Å². The number of aryl methyl sites for hydroxylation is 1. The van der Waals surface area contributed by atoms with Gasteiger partial charge in [0.05, 0.1) is 30.2 Å². The molecule has 0 saturated carbocycles. The molecular weight excluding hydrogens is 436 g/mol. The van der Waals surface area contributed by atoms with Gasteiger partial charge in [-0.25, -0.2) is 4.99 Å². The lowest BCUT2D eigenvalue weighted by atomic mass is 10.1. The zero-order valence-electron chi connectivity index (χ0n) is 17.6. The van der Waals surface area contributed by atoms with Crippen molar-refractivity contribution in [3.05, 3.63) is 64.3 Å². The SMILES string of the molecule is CCOC(=O)CSC1=N/C(=C/c2ccc(CC)cc2)C(=O)N1c1ccc(OC)c(Cl)c1. The predicted octanol–water partition coefficient (Wildman–Crippen LogP) is 4.95. The number of hydrogen-bond donors (Lipinski definition) is 0. The smallest absolute Gasteiger partial charge is 0.316 e. The van der Waals surface area contributed by atoms with Gasteiger partial charge in [0, 0.05) is 0 Å². The zero-order valence-corrected chi connectivity index (χ0v) is 19.1. The molecule has 2 aromatic carbocycles. The van der Waals surface area contributed by atoms with E-state index in [1.54, 1.807) is 31.2 Å². The van der Waals surface area contributed by atoms with Gasteiger partial charge in [0.1, 0.15) is 11.4 Å². The summed E-state index contributed by atoms with van der Waals surface area (Å²) in [7, 11) is 1.52. The van der Waals surface area contributed by atoms with E-state index in [4.69, 9.17) is 21.1 Å². The number of aliphatic imine (C=N–C) groups is 1. The summed E-state index contributed by atoms with van der Waals surface area (Å²) in [4.78, 5) is 31.0. The van der Waals surface area contributed by atoms with Crippen LogP contribution in [0.4, 0.5) is 5.69 Å². The molecule has 1 heterocycles. The van der Waals surface area contributed by atoms with Gasteiger partial charge in [0.15, 0.2) is 5.17 Å². The molecule has 0 atom stereocenters. The van der Waals surface area contributed by atoms with Crippen molar-refractivity contribution in [2.45, 2.75) is 20.3 Å². The molecule has 3 rings (SSSR count). The summed E-state index contributed by atoms with van der Waals surface area (Å²) in [5.74, 6) is -0.129. The number of hydrogen-bond acceptors (Lipinski definition) is 6. The number of benzene rings is 2. The van der Waals surface area contributed by atoms with Crippen molar-refractivity contribution in [2.75, 3.05) is 24.4 Å². The molecule has 1 amide bonds. The van der Waals surface area contributed by atoms with Crippen molar-refractivity contribution in [3.63, 3.8) is 0 Å². The van der Waals surface area contributed by atoms with Crippen LogP contribution in [0.15, 0.2) is 53.2 Å². The molecule has 1 aliphatic rings. The maximum absolute atomic E-state index is 13.2. The fourth-order valence-electron chi connectivity index (χ4n) is 2.95. The number of halogens is 1. The van der Waals surface area contributed by atoms with E-state index in [1.807, 2.05) is 24.3 Å². The Morgan fingerprint density at radius 2 is 1.94 bits per heavy atom. The van der Waals surface area contributed by atoms with E-state index in [9.17, 15) is 9.59 Å². The van der Waals surface area contributed by atoms with Crippen LogP contribution in [0, 0.1) is 0 Å². The first kappa shape index (κ1) is 22.9. The van der Waals surface area contributed by atoms with E-state index < -0.39 is 0 Å². The molecule has 0 fully saturated rings. The largest absolute Gasteiger partial charge is 0.495 e. The second-order valence-corrected chi connectivity index (χ2v) is 7.92. The van der Waals surface area contributed by atoms with Gasteiger partial charge in [-0.2, -0.15) is 0 Å². The minimum atomic E-state index is -0.372. The average molecular weight is 459 g/mol. The van der Waals surface area contributed by atoms with Crippen LogP contribution >= 0.6 is 23.4 Å². The van der Waals surface area contributed by atoms with Gasteiger partial charge in [-0.3, -0.25) is 14.5 Å². The van der Waals surface area contributed by atoms with Gasteiger partial charge >= 0.3 is 5.97 Å². The van der Waals surface area contributed by atoms with Gasteiger partial charge in [-0.1, -0.05) is 54.6 Å². The Hall–Kier alpha value is -2.77. The molecule has 2 aromatic rings. The number of amides is 1. The fraction of sp³-hybridized carbons (Fsp3) is 0.261. The zero-order chi connectivity index (χ0) is 22.4. The lowest BCUT2D eigenvalue weighted by Gasteiger charge is -2.18. The summed E-state index contributed by atoms with van der Waals surface area (Å²) in [6, 6.07) is 13.0. The maximum Gasteiger partial charge on any atom is 0.316 e. The van der Waals surface area contributed by atoms with Gasteiger partial charge in [-0.15, -0.1) is 0 Å². The third kappa shape index (κ3) is 5.48. The molecule has 0 unspecified atom stereocenters. The van der Waals surface area contributed by atoms with Gasteiger partial charge < -0.3 is 9.47 Å².